The van der Waals surface area contributed by atoms with E-state index in [4.69, 9.17) is 9.84 Å². The first-order valence-electron chi connectivity index (χ1n) is 5.19. The molecule has 0 spiro atoms. The summed E-state index contributed by atoms with van der Waals surface area (Å²) in [7, 11) is 0. The van der Waals surface area contributed by atoms with E-state index in [9.17, 15) is 0 Å². The predicted molar refractivity (Wildman–Crippen MR) is 57.3 cm³/mol. The lowest BCUT2D eigenvalue weighted by atomic mass is 10.1. The molecule has 82 valence electrons. The van der Waals surface area contributed by atoms with Crippen LogP contribution < -0.4 is 0 Å². The Morgan fingerprint density at radius 3 is 2.86 bits per heavy atom. The summed E-state index contributed by atoms with van der Waals surface area (Å²) >= 11 is 0. The minimum Gasteiger partial charge on any atom is -0.394 e. The van der Waals surface area contributed by atoms with E-state index in [1.165, 1.54) is 0 Å². The number of ether oxygens (including phenoxy) is 1. The van der Waals surface area contributed by atoms with Crippen molar-refractivity contribution in [3.63, 3.8) is 0 Å². The predicted octanol–water partition coefficient (Wildman–Crippen LogP) is 1.03. The van der Waals surface area contributed by atoms with Gasteiger partial charge in [0, 0.05) is 19.6 Å². The van der Waals surface area contributed by atoms with Crippen LogP contribution in [0.2, 0.25) is 0 Å². The molecule has 3 heteroatoms. The van der Waals surface area contributed by atoms with Crippen LogP contribution in [-0.2, 0) is 4.74 Å². The minimum absolute atomic E-state index is 0.0380. The molecule has 0 amide bonds. The fourth-order valence-corrected chi connectivity index (χ4v) is 1.91. The lowest BCUT2D eigenvalue weighted by Gasteiger charge is -2.41. The molecule has 1 heterocycles. The smallest absolute Gasteiger partial charge is 0.0940 e. The molecule has 1 unspecified atom stereocenters. The third-order valence-corrected chi connectivity index (χ3v) is 2.35. The highest BCUT2D eigenvalue weighted by atomic mass is 16.5. The Hall–Kier alpha value is -0.380. The van der Waals surface area contributed by atoms with Crippen molar-refractivity contribution in [2.24, 2.45) is 0 Å². The molecule has 0 aromatic heterocycles. The highest BCUT2D eigenvalue weighted by Gasteiger charge is 2.32. The van der Waals surface area contributed by atoms with Crippen LogP contribution in [-0.4, -0.2) is 48.0 Å². The number of hydrogen-bond acceptors (Lipinski definition) is 3. The molecule has 1 N–H and O–H groups in total. The summed E-state index contributed by atoms with van der Waals surface area (Å²) in [6.45, 7) is 8.96. The summed E-state index contributed by atoms with van der Waals surface area (Å²) in [6, 6.07) is 0. The summed E-state index contributed by atoms with van der Waals surface area (Å²) in [5.41, 5.74) is -0.146. The van der Waals surface area contributed by atoms with Crippen molar-refractivity contribution in [3.05, 3.63) is 12.2 Å². The van der Waals surface area contributed by atoms with Crippen molar-refractivity contribution in [1.29, 1.82) is 0 Å². The van der Waals surface area contributed by atoms with E-state index in [1.807, 2.05) is 6.92 Å². The normalized spacial score (nSPS) is 28.4. The van der Waals surface area contributed by atoms with E-state index in [1.54, 1.807) is 0 Å². The quantitative estimate of drug-likeness (QED) is 0.689. The van der Waals surface area contributed by atoms with Gasteiger partial charge in [0.15, 0.2) is 0 Å². The zero-order valence-corrected chi connectivity index (χ0v) is 9.36. The monoisotopic (exact) mass is 199 g/mol. The Labute approximate surface area is 86.4 Å². The lowest BCUT2D eigenvalue weighted by molar-refractivity contribution is -0.146. The molecule has 1 atom stereocenters. The lowest BCUT2D eigenvalue weighted by Crippen LogP contribution is -2.53. The number of nitrogens with zero attached hydrogens (tertiary/aromatic N) is 1. The van der Waals surface area contributed by atoms with E-state index < -0.39 is 0 Å². The van der Waals surface area contributed by atoms with Crippen LogP contribution in [0, 0.1) is 0 Å². The number of hydrogen-bond donors (Lipinski definition) is 1. The second kappa shape index (κ2) is 4.91. The third-order valence-electron chi connectivity index (χ3n) is 2.35. The average molecular weight is 199 g/mol. The van der Waals surface area contributed by atoms with Crippen molar-refractivity contribution in [1.82, 2.24) is 4.90 Å². The molecule has 3 nitrogen and oxygen atoms in total. The summed E-state index contributed by atoms with van der Waals surface area (Å²) in [5, 5.41) is 9.10. The van der Waals surface area contributed by atoms with Gasteiger partial charge < -0.3 is 9.84 Å². The second-order valence-electron chi connectivity index (χ2n) is 4.45. The van der Waals surface area contributed by atoms with Gasteiger partial charge in [-0.1, -0.05) is 12.2 Å². The topological polar surface area (TPSA) is 32.7 Å². The maximum Gasteiger partial charge on any atom is 0.0940 e. The van der Waals surface area contributed by atoms with Gasteiger partial charge in [0.25, 0.3) is 0 Å². The van der Waals surface area contributed by atoms with Gasteiger partial charge >= 0.3 is 0 Å². The Balaban J connectivity index is 2.52. The van der Waals surface area contributed by atoms with Crippen LogP contribution in [0.3, 0.4) is 0 Å². The molecule has 0 bridgehead atoms. The van der Waals surface area contributed by atoms with E-state index in [2.05, 4.69) is 30.9 Å². The number of allylic oxidation sites excluding steroid dienone is 1. The molecular formula is C11H21NO2. The van der Waals surface area contributed by atoms with Gasteiger partial charge in [-0.15, -0.1) is 0 Å². The SMILES string of the molecule is C/C=C/CN1CC(CO)OC(C)(C)C1. The van der Waals surface area contributed by atoms with Crippen LogP contribution in [0.5, 0.6) is 0 Å². The summed E-state index contributed by atoms with van der Waals surface area (Å²) in [4.78, 5) is 2.31. The standard InChI is InChI=1S/C11H21NO2/c1-4-5-6-12-7-10(8-13)14-11(2,3)9-12/h4-5,10,13H,6-9H2,1-3H3/b5-4+. The summed E-state index contributed by atoms with van der Waals surface area (Å²) < 4.78 is 5.72. The fraction of sp³-hybridized carbons (Fsp3) is 0.818. The molecule has 1 aliphatic rings. The molecule has 0 aromatic carbocycles. The largest absolute Gasteiger partial charge is 0.394 e. The summed E-state index contributed by atoms with van der Waals surface area (Å²) in [5.74, 6) is 0. The number of rotatable bonds is 3. The molecule has 1 rings (SSSR count). The van der Waals surface area contributed by atoms with Gasteiger partial charge in [-0.25, -0.2) is 0 Å². The van der Waals surface area contributed by atoms with Crippen LogP contribution in [0.4, 0.5) is 0 Å². The Kier molecular flexibility index (Phi) is 4.11. The Bertz CT molecular complexity index is 201. The maximum absolute atomic E-state index is 9.10. The second-order valence-corrected chi connectivity index (χ2v) is 4.45. The zero-order chi connectivity index (χ0) is 10.6. The van der Waals surface area contributed by atoms with Crippen molar-refractivity contribution in [2.45, 2.75) is 32.5 Å². The van der Waals surface area contributed by atoms with E-state index in [0.29, 0.717) is 0 Å². The van der Waals surface area contributed by atoms with Gasteiger partial charge in [-0.3, -0.25) is 4.90 Å². The number of morpholine rings is 1. The average Bonchev–Trinajstić information content (AvgIpc) is 2.12. The van der Waals surface area contributed by atoms with Crippen molar-refractivity contribution in [2.75, 3.05) is 26.2 Å². The Morgan fingerprint density at radius 1 is 1.57 bits per heavy atom. The maximum atomic E-state index is 9.10. The molecule has 0 aromatic rings. The Morgan fingerprint density at radius 2 is 2.29 bits per heavy atom. The minimum atomic E-state index is -0.146. The first-order chi connectivity index (χ1) is 6.57. The highest BCUT2D eigenvalue weighted by molar-refractivity contribution is 4.89. The number of aliphatic hydroxyl groups excluding tert-OH is 1. The first-order valence-corrected chi connectivity index (χ1v) is 5.19. The molecule has 1 aliphatic heterocycles. The van der Waals surface area contributed by atoms with Gasteiger partial charge in [-0.2, -0.15) is 0 Å². The van der Waals surface area contributed by atoms with Gasteiger partial charge in [0.2, 0.25) is 0 Å². The molecule has 0 aliphatic carbocycles. The van der Waals surface area contributed by atoms with E-state index in [-0.39, 0.29) is 18.3 Å². The van der Waals surface area contributed by atoms with Gasteiger partial charge in [-0.05, 0) is 20.8 Å². The molecule has 0 radical (unpaired) electrons. The third kappa shape index (κ3) is 3.40. The summed E-state index contributed by atoms with van der Waals surface area (Å²) in [6.07, 6.45) is 4.15. The molecule has 1 fully saturated rings. The zero-order valence-electron chi connectivity index (χ0n) is 9.36. The van der Waals surface area contributed by atoms with E-state index in [0.717, 1.165) is 19.6 Å². The number of aliphatic hydroxyl groups is 1. The fourth-order valence-electron chi connectivity index (χ4n) is 1.91. The highest BCUT2D eigenvalue weighted by Crippen LogP contribution is 2.20. The van der Waals surface area contributed by atoms with Crippen LogP contribution in [0.15, 0.2) is 12.2 Å². The van der Waals surface area contributed by atoms with Crippen molar-refractivity contribution in [3.8, 4) is 0 Å². The van der Waals surface area contributed by atoms with E-state index >= 15 is 0 Å². The van der Waals surface area contributed by atoms with Gasteiger partial charge in [0.05, 0.1) is 18.3 Å². The molecule has 1 saturated heterocycles. The molecular weight excluding hydrogens is 178 g/mol. The van der Waals surface area contributed by atoms with Gasteiger partial charge in [0.1, 0.15) is 0 Å². The first kappa shape index (κ1) is 11.7. The van der Waals surface area contributed by atoms with Crippen molar-refractivity contribution >= 4 is 0 Å². The molecule has 14 heavy (non-hydrogen) atoms. The molecule has 0 saturated carbocycles. The van der Waals surface area contributed by atoms with Crippen LogP contribution in [0.1, 0.15) is 20.8 Å². The van der Waals surface area contributed by atoms with Crippen LogP contribution >= 0.6 is 0 Å². The van der Waals surface area contributed by atoms with Crippen LogP contribution in [0.25, 0.3) is 0 Å². The van der Waals surface area contributed by atoms with Crippen molar-refractivity contribution < 1.29 is 9.84 Å².